The average Bonchev–Trinajstić information content (AvgIpc) is 3.20. The molecule has 1 N–H and O–H groups in total. The minimum atomic E-state index is -0.681. The standard InChI is InChI=1S/C19H21F2N5O2/c1-11-17(23-24-26(11)10-12-4-5-13(20)9-15(12)21)19(28)25-8-2-3-16(25)18(27)22-14-6-7-14/h4-5,9,14,16H,2-3,6-8,10H2,1H3,(H,22,27). The smallest absolute Gasteiger partial charge is 0.277 e. The van der Waals surface area contributed by atoms with E-state index in [1.165, 1.54) is 21.7 Å². The summed E-state index contributed by atoms with van der Waals surface area (Å²) in [6, 6.07) is 3.06. The van der Waals surface area contributed by atoms with Crippen molar-refractivity contribution in [3.8, 4) is 0 Å². The molecule has 1 aliphatic carbocycles. The molecule has 148 valence electrons. The number of halogens is 2. The zero-order chi connectivity index (χ0) is 19.8. The van der Waals surface area contributed by atoms with E-state index in [4.69, 9.17) is 0 Å². The van der Waals surface area contributed by atoms with E-state index in [2.05, 4.69) is 15.6 Å². The first-order chi connectivity index (χ1) is 13.4. The molecule has 1 aliphatic heterocycles. The molecule has 1 aromatic heterocycles. The third kappa shape index (κ3) is 3.61. The van der Waals surface area contributed by atoms with E-state index >= 15 is 0 Å². The molecule has 9 heteroatoms. The topological polar surface area (TPSA) is 80.1 Å². The number of carbonyl (C=O) groups excluding carboxylic acids is 2. The van der Waals surface area contributed by atoms with Crippen LogP contribution in [0.5, 0.6) is 0 Å². The van der Waals surface area contributed by atoms with Gasteiger partial charge in [-0.1, -0.05) is 11.3 Å². The highest BCUT2D eigenvalue weighted by Gasteiger charge is 2.38. The van der Waals surface area contributed by atoms with Gasteiger partial charge in [-0.2, -0.15) is 0 Å². The fraction of sp³-hybridized carbons (Fsp3) is 0.474. The molecular formula is C19H21F2N5O2. The number of carbonyl (C=O) groups is 2. The quantitative estimate of drug-likeness (QED) is 0.846. The highest BCUT2D eigenvalue weighted by atomic mass is 19.1. The number of hydrogen-bond donors (Lipinski definition) is 1. The normalized spacial score (nSPS) is 19.1. The summed E-state index contributed by atoms with van der Waals surface area (Å²) >= 11 is 0. The lowest BCUT2D eigenvalue weighted by atomic mass is 10.2. The zero-order valence-electron chi connectivity index (χ0n) is 15.5. The largest absolute Gasteiger partial charge is 0.352 e. The third-order valence-corrected chi connectivity index (χ3v) is 5.26. The maximum Gasteiger partial charge on any atom is 0.277 e. The maximum atomic E-state index is 13.9. The summed E-state index contributed by atoms with van der Waals surface area (Å²) in [5, 5.41) is 10.9. The van der Waals surface area contributed by atoms with Crippen LogP contribution in [0.25, 0.3) is 0 Å². The molecule has 4 rings (SSSR count). The van der Waals surface area contributed by atoms with Gasteiger partial charge in [0, 0.05) is 24.2 Å². The first-order valence-corrected chi connectivity index (χ1v) is 9.39. The van der Waals surface area contributed by atoms with Crippen molar-refractivity contribution in [1.29, 1.82) is 0 Å². The predicted octanol–water partition coefficient (Wildman–Crippen LogP) is 1.80. The fourth-order valence-corrected chi connectivity index (χ4v) is 3.46. The molecule has 2 aromatic rings. The van der Waals surface area contributed by atoms with Crippen LogP contribution in [0.3, 0.4) is 0 Å². The molecule has 2 aliphatic rings. The van der Waals surface area contributed by atoms with Crippen molar-refractivity contribution in [2.75, 3.05) is 6.54 Å². The number of likely N-dealkylation sites (tertiary alicyclic amines) is 1. The van der Waals surface area contributed by atoms with Crippen molar-refractivity contribution in [2.45, 2.75) is 51.2 Å². The second-order valence-electron chi connectivity index (χ2n) is 7.36. The van der Waals surface area contributed by atoms with Crippen molar-refractivity contribution < 1.29 is 18.4 Å². The van der Waals surface area contributed by atoms with Crippen LogP contribution in [0, 0.1) is 18.6 Å². The molecule has 1 atom stereocenters. The molecule has 0 bridgehead atoms. The minimum Gasteiger partial charge on any atom is -0.352 e. The summed E-state index contributed by atoms with van der Waals surface area (Å²) in [5.74, 6) is -1.81. The van der Waals surface area contributed by atoms with Crippen LogP contribution < -0.4 is 5.32 Å². The second-order valence-corrected chi connectivity index (χ2v) is 7.36. The first-order valence-electron chi connectivity index (χ1n) is 9.39. The summed E-state index contributed by atoms with van der Waals surface area (Å²) in [6.45, 7) is 2.19. The van der Waals surface area contributed by atoms with Crippen molar-refractivity contribution in [1.82, 2.24) is 25.2 Å². The second kappa shape index (κ2) is 7.29. The fourth-order valence-electron chi connectivity index (χ4n) is 3.46. The summed E-state index contributed by atoms with van der Waals surface area (Å²) in [4.78, 5) is 26.9. The maximum absolute atomic E-state index is 13.9. The molecule has 1 unspecified atom stereocenters. The van der Waals surface area contributed by atoms with Gasteiger partial charge in [-0.05, 0) is 38.7 Å². The van der Waals surface area contributed by atoms with Crippen LogP contribution in [-0.4, -0.2) is 50.3 Å². The Morgan fingerprint density at radius 1 is 1.25 bits per heavy atom. The molecular weight excluding hydrogens is 368 g/mol. The van der Waals surface area contributed by atoms with Crippen LogP contribution in [0.15, 0.2) is 18.2 Å². The van der Waals surface area contributed by atoms with Crippen LogP contribution in [0.2, 0.25) is 0 Å². The van der Waals surface area contributed by atoms with Gasteiger partial charge in [-0.3, -0.25) is 9.59 Å². The number of aromatic nitrogens is 3. The summed E-state index contributed by atoms with van der Waals surface area (Å²) < 4.78 is 28.4. The Bertz CT molecular complexity index is 925. The lowest BCUT2D eigenvalue weighted by Gasteiger charge is -2.23. The van der Waals surface area contributed by atoms with Crippen LogP contribution in [0.1, 0.15) is 47.4 Å². The van der Waals surface area contributed by atoms with Gasteiger partial charge in [-0.25, -0.2) is 13.5 Å². The molecule has 7 nitrogen and oxygen atoms in total. The van der Waals surface area contributed by atoms with Gasteiger partial charge in [0.25, 0.3) is 5.91 Å². The lowest BCUT2D eigenvalue weighted by Crippen LogP contribution is -2.46. The summed E-state index contributed by atoms with van der Waals surface area (Å²) in [7, 11) is 0. The van der Waals surface area contributed by atoms with Gasteiger partial charge < -0.3 is 10.2 Å². The molecule has 0 spiro atoms. The number of hydrogen-bond acceptors (Lipinski definition) is 4. The first kappa shape index (κ1) is 18.5. The Labute approximate surface area is 160 Å². The zero-order valence-corrected chi connectivity index (χ0v) is 15.5. The van der Waals surface area contributed by atoms with E-state index in [1.54, 1.807) is 6.92 Å². The summed E-state index contributed by atoms with van der Waals surface area (Å²) in [5.41, 5.74) is 0.867. The monoisotopic (exact) mass is 389 g/mol. The van der Waals surface area contributed by atoms with E-state index in [1.807, 2.05) is 0 Å². The van der Waals surface area contributed by atoms with E-state index in [-0.39, 0.29) is 35.7 Å². The number of benzene rings is 1. The lowest BCUT2D eigenvalue weighted by molar-refractivity contribution is -0.125. The Kier molecular flexibility index (Phi) is 4.82. The van der Waals surface area contributed by atoms with E-state index < -0.39 is 17.7 Å². The minimum absolute atomic E-state index is 0.0316. The average molecular weight is 389 g/mol. The van der Waals surface area contributed by atoms with Crippen molar-refractivity contribution in [3.05, 3.63) is 46.8 Å². The van der Waals surface area contributed by atoms with Gasteiger partial charge >= 0.3 is 0 Å². The highest BCUT2D eigenvalue weighted by molar-refractivity contribution is 5.97. The Morgan fingerprint density at radius 2 is 2.04 bits per heavy atom. The van der Waals surface area contributed by atoms with Crippen LogP contribution in [-0.2, 0) is 11.3 Å². The van der Waals surface area contributed by atoms with Crippen LogP contribution >= 0.6 is 0 Å². The number of rotatable bonds is 5. The van der Waals surface area contributed by atoms with Gasteiger partial charge in [-0.15, -0.1) is 5.10 Å². The molecule has 2 amide bonds. The van der Waals surface area contributed by atoms with Gasteiger partial charge in [0.15, 0.2) is 5.69 Å². The Morgan fingerprint density at radius 3 is 2.75 bits per heavy atom. The highest BCUT2D eigenvalue weighted by Crippen LogP contribution is 2.24. The molecule has 0 radical (unpaired) electrons. The molecule has 28 heavy (non-hydrogen) atoms. The molecule has 1 saturated carbocycles. The van der Waals surface area contributed by atoms with Gasteiger partial charge in [0.1, 0.15) is 17.7 Å². The van der Waals surface area contributed by atoms with Gasteiger partial charge in [0.2, 0.25) is 5.91 Å². The predicted molar refractivity (Wildman–Crippen MR) is 95.4 cm³/mol. The molecule has 2 heterocycles. The van der Waals surface area contributed by atoms with E-state index in [0.717, 1.165) is 25.3 Å². The Hall–Kier alpha value is -2.84. The third-order valence-electron chi connectivity index (χ3n) is 5.26. The summed E-state index contributed by atoms with van der Waals surface area (Å²) in [6.07, 6.45) is 3.35. The number of amides is 2. The van der Waals surface area contributed by atoms with Gasteiger partial charge in [0.05, 0.1) is 12.2 Å². The van der Waals surface area contributed by atoms with Crippen molar-refractivity contribution in [3.63, 3.8) is 0 Å². The number of nitrogens with one attached hydrogen (secondary N) is 1. The van der Waals surface area contributed by atoms with Crippen LogP contribution in [0.4, 0.5) is 8.78 Å². The van der Waals surface area contributed by atoms with Crippen molar-refractivity contribution >= 4 is 11.8 Å². The SMILES string of the molecule is Cc1c(C(=O)N2CCCC2C(=O)NC2CC2)nnn1Cc1ccc(F)cc1F. The number of nitrogens with zero attached hydrogens (tertiary/aromatic N) is 4. The van der Waals surface area contributed by atoms with Crippen molar-refractivity contribution in [2.24, 2.45) is 0 Å². The molecule has 1 saturated heterocycles. The Balaban J connectivity index is 1.51. The molecule has 2 fully saturated rings. The molecule has 1 aromatic carbocycles. The van der Waals surface area contributed by atoms with E-state index in [0.29, 0.717) is 18.7 Å². The van der Waals surface area contributed by atoms with E-state index in [9.17, 15) is 18.4 Å².